The van der Waals surface area contributed by atoms with E-state index in [0.29, 0.717) is 43.2 Å². The second-order valence-corrected chi connectivity index (χ2v) is 28.1. The van der Waals surface area contributed by atoms with Crippen LogP contribution in [0.15, 0.2) is 107 Å². The van der Waals surface area contributed by atoms with E-state index in [1.54, 1.807) is 111 Å². The SMILES string of the molecule is CNC(=O)c1ccccc1Sc1ccc2c(/C=C/c3ccccn3)nn(C(=O)C(C)CC(=O)NC(CCN)C(=O)N[C@@H](C(=O)N[C@@H](CCN)C(=O)N[C@@H]3CCNC(=O)C([C@H](C)O)NC(=O)[C@H](CCN)NC(=O)[C@H](CCN)NC(=O)C(CC(C)C)NC(=O)[C@H](Cc4ccccc4)NC(=O)[C@H](CCN)NC3=O)C(C)O)c2c1. The van der Waals surface area contributed by atoms with Crippen molar-refractivity contribution in [2.24, 2.45) is 40.5 Å². The topological polar surface area (TPSA) is 568 Å². The molecule has 12 amide bonds. The number of carbonyl (C=O) groups excluding carboxylic acids is 13. The molecule has 2 aromatic heterocycles. The van der Waals surface area contributed by atoms with Gasteiger partial charge in [-0.25, -0.2) is 0 Å². The van der Waals surface area contributed by atoms with Crippen LogP contribution in [-0.4, -0.2) is 221 Å². The Bertz CT molecular complexity index is 4030. The summed E-state index contributed by atoms with van der Waals surface area (Å²) in [6, 6.07) is 10.5. The maximum absolute atomic E-state index is 14.8. The number of pyridine rings is 1. The fourth-order valence-electron chi connectivity index (χ4n) is 11.8. The van der Waals surface area contributed by atoms with Gasteiger partial charge in [-0.3, -0.25) is 67.3 Å². The summed E-state index contributed by atoms with van der Waals surface area (Å²) in [7, 11) is 1.52. The third kappa shape index (κ3) is 26.3. The Kier molecular flexibility index (Phi) is 35.4. The molecule has 5 unspecified atom stereocenters. The van der Waals surface area contributed by atoms with Gasteiger partial charge in [-0.2, -0.15) is 9.78 Å². The van der Waals surface area contributed by atoms with Gasteiger partial charge in [-0.05, 0) is 158 Å². The first-order valence-electron chi connectivity index (χ1n) is 36.4. The molecule has 6 rings (SSSR count). The van der Waals surface area contributed by atoms with E-state index in [2.05, 4.69) is 73.9 Å². The van der Waals surface area contributed by atoms with Crippen molar-refractivity contribution in [1.29, 1.82) is 0 Å². The van der Waals surface area contributed by atoms with Gasteiger partial charge in [0.1, 0.15) is 60.4 Å². The lowest BCUT2D eigenvalue weighted by molar-refractivity contribution is -0.137. The highest BCUT2D eigenvalue weighted by Crippen LogP contribution is 2.34. The third-order valence-electron chi connectivity index (χ3n) is 17.7. The summed E-state index contributed by atoms with van der Waals surface area (Å²) in [4.78, 5) is 190. The molecule has 596 valence electrons. The van der Waals surface area contributed by atoms with E-state index >= 15 is 0 Å². The van der Waals surface area contributed by atoms with E-state index in [4.69, 9.17) is 28.7 Å². The van der Waals surface area contributed by atoms with Crippen molar-refractivity contribution in [1.82, 2.24) is 78.6 Å². The minimum absolute atomic E-state index is 0.0185. The summed E-state index contributed by atoms with van der Waals surface area (Å²) >= 11 is 1.28. The molecule has 1 aliphatic rings. The Morgan fingerprint density at radius 2 is 1.17 bits per heavy atom. The lowest BCUT2D eigenvalue weighted by Crippen LogP contribution is -2.62. The summed E-state index contributed by atoms with van der Waals surface area (Å²) in [5, 5.41) is 57.9. The lowest BCUT2D eigenvalue weighted by Gasteiger charge is -2.29. The van der Waals surface area contributed by atoms with Gasteiger partial charge < -0.3 is 103 Å². The molecule has 3 aromatic carbocycles. The van der Waals surface area contributed by atoms with Crippen LogP contribution in [0.2, 0.25) is 0 Å². The largest absolute Gasteiger partial charge is 0.391 e. The van der Waals surface area contributed by atoms with Crippen molar-refractivity contribution < 1.29 is 72.5 Å². The predicted molar refractivity (Wildman–Crippen MR) is 410 cm³/mol. The number of nitrogens with zero attached hydrogens (tertiary/aromatic N) is 3. The molecular formula is C74H104N20O15S. The smallest absolute Gasteiger partial charge is 0.252 e. The lowest BCUT2D eigenvalue weighted by atomic mass is 10.00. The Hall–Kier alpha value is -10.6. The molecule has 0 radical (unpaired) electrons. The average molecular weight is 1550 g/mol. The van der Waals surface area contributed by atoms with Crippen LogP contribution in [0.25, 0.3) is 23.1 Å². The Morgan fingerprint density at radius 1 is 0.609 bits per heavy atom. The van der Waals surface area contributed by atoms with E-state index in [1.807, 2.05) is 12.1 Å². The predicted octanol–water partition coefficient (Wildman–Crippen LogP) is -3.06. The zero-order valence-corrected chi connectivity index (χ0v) is 63.2. The molecule has 13 atom stereocenters. The summed E-state index contributed by atoms with van der Waals surface area (Å²) in [5.41, 5.74) is 32.1. The number of aromatic nitrogens is 3. The van der Waals surface area contributed by atoms with Gasteiger partial charge in [0.05, 0.1) is 34.7 Å². The van der Waals surface area contributed by atoms with Crippen LogP contribution in [0.5, 0.6) is 0 Å². The van der Waals surface area contributed by atoms with Gasteiger partial charge in [-0.15, -0.1) is 0 Å². The highest BCUT2D eigenvalue weighted by Gasteiger charge is 2.38. The van der Waals surface area contributed by atoms with Crippen LogP contribution in [0.4, 0.5) is 0 Å². The van der Waals surface area contributed by atoms with Crippen molar-refractivity contribution >= 4 is 112 Å². The number of carbonyl (C=O) groups is 13. The van der Waals surface area contributed by atoms with Crippen molar-refractivity contribution in [2.45, 2.75) is 175 Å². The van der Waals surface area contributed by atoms with Crippen LogP contribution >= 0.6 is 11.8 Å². The van der Waals surface area contributed by atoms with Crippen LogP contribution in [0.1, 0.15) is 118 Å². The monoisotopic (exact) mass is 1540 g/mol. The summed E-state index contributed by atoms with van der Waals surface area (Å²) in [6.07, 6.45) is -0.619. The van der Waals surface area contributed by atoms with Gasteiger partial charge in [0.2, 0.25) is 65.0 Å². The van der Waals surface area contributed by atoms with Crippen LogP contribution in [-0.2, 0) is 59.2 Å². The second-order valence-electron chi connectivity index (χ2n) is 27.0. The third-order valence-corrected chi connectivity index (χ3v) is 18.8. The number of fused-ring (bicyclic) bond motifs is 1. The van der Waals surface area contributed by atoms with Gasteiger partial charge >= 0.3 is 0 Å². The average Bonchev–Trinajstić information content (AvgIpc) is 1.10. The molecule has 1 saturated heterocycles. The molecule has 1 fully saturated rings. The molecule has 5 aromatic rings. The molecule has 36 heteroatoms. The minimum atomic E-state index is -1.86. The van der Waals surface area contributed by atoms with Gasteiger partial charge in [-0.1, -0.05) is 81.1 Å². The molecule has 0 bridgehead atoms. The Morgan fingerprint density at radius 3 is 1.75 bits per heavy atom. The number of amides is 12. The van der Waals surface area contributed by atoms with E-state index in [0.717, 1.165) is 6.92 Å². The zero-order chi connectivity index (χ0) is 80.7. The number of aliphatic hydroxyl groups excluding tert-OH is 2. The summed E-state index contributed by atoms with van der Waals surface area (Å²) in [5.74, 6) is -12.9. The van der Waals surface area contributed by atoms with Crippen molar-refractivity contribution in [3.63, 3.8) is 0 Å². The zero-order valence-electron chi connectivity index (χ0n) is 62.4. The Balaban J connectivity index is 1.24. The standard InChI is InChI=1S/C74H104N20O15S/c1-40(2)36-56-70(105)86-51(24-30-76)64(99)85-54(27-33-79)69(104)91-61(42(4)95)72(107)82-35-28-55(67(102)84-52(25-31-77)66(101)90-57(71(106)89-56)38-44-14-8-7-9-15-44)87-65(100)53(26-32-78)88-73(108)62(43(5)96)92-68(103)50(23-29-75)83-60(97)37-41(3)74(109)94-58-39-46(110-59-18-11-10-17-48(59)63(98)80-6)20-21-47(58)49(93-94)22-19-45-16-12-13-34-81-45/h7-22,34,39-43,50-57,61-62,95-96H,23-33,35-38,75-79H2,1-6H3,(H,80,98)(H,82,107)(H,83,97)(H,84,102)(H,85,99)(H,86,105)(H,87,100)(H,88,108)(H,89,106)(H,90,101)(H,91,104)(H,92,103)/b22-19+/t41?,42-,43?,50?,51-,52-,53-,54-,55+,56?,57-,61?,62+/m0/s1. The molecular weight excluding hydrogens is 1440 g/mol. The van der Waals surface area contributed by atoms with Crippen molar-refractivity contribution in [2.75, 3.05) is 46.3 Å². The van der Waals surface area contributed by atoms with Crippen LogP contribution in [0, 0.1) is 11.8 Å². The van der Waals surface area contributed by atoms with Crippen LogP contribution < -0.4 is 92.5 Å². The molecule has 110 heavy (non-hydrogen) atoms. The summed E-state index contributed by atoms with van der Waals surface area (Å²) < 4.78 is 1.18. The number of aliphatic hydroxyl groups is 2. The number of nitrogens with one attached hydrogen (secondary N) is 12. The highest BCUT2D eigenvalue weighted by molar-refractivity contribution is 7.99. The first-order valence-corrected chi connectivity index (χ1v) is 37.2. The molecule has 35 nitrogen and oxygen atoms in total. The molecule has 1 aliphatic heterocycles. The minimum Gasteiger partial charge on any atom is -0.391 e. The maximum Gasteiger partial charge on any atom is 0.252 e. The van der Waals surface area contributed by atoms with Crippen molar-refractivity contribution in [3.8, 4) is 0 Å². The van der Waals surface area contributed by atoms with Gasteiger partial charge in [0.25, 0.3) is 11.8 Å². The van der Waals surface area contributed by atoms with Crippen LogP contribution in [0.3, 0.4) is 0 Å². The normalized spacial score (nSPS) is 20.3. The molecule has 3 heterocycles. The molecule has 0 aliphatic carbocycles. The van der Waals surface area contributed by atoms with E-state index in [9.17, 15) is 72.5 Å². The number of nitrogens with two attached hydrogens (primary N) is 5. The highest BCUT2D eigenvalue weighted by atomic mass is 32.2. The molecule has 0 saturated carbocycles. The number of hydrogen-bond acceptors (Lipinski definition) is 23. The van der Waals surface area contributed by atoms with Crippen molar-refractivity contribution in [3.05, 3.63) is 120 Å². The number of benzene rings is 3. The van der Waals surface area contributed by atoms with E-state index in [1.165, 1.54) is 37.3 Å². The van der Waals surface area contributed by atoms with Gasteiger partial charge in [0.15, 0.2) is 0 Å². The first kappa shape index (κ1) is 88.3. The number of hydrogen-bond donors (Lipinski definition) is 19. The molecule has 24 N–H and O–H groups in total. The second kappa shape index (κ2) is 44.2. The first-order chi connectivity index (χ1) is 52.5. The van der Waals surface area contributed by atoms with E-state index < -0.39 is 169 Å². The summed E-state index contributed by atoms with van der Waals surface area (Å²) in [6.45, 7) is 5.83. The Labute approximate surface area is 641 Å². The quantitative estimate of drug-likeness (QED) is 0.0209. The fourth-order valence-corrected chi connectivity index (χ4v) is 12.8. The fraction of sp³-hybridized carbons (Fsp3) is 0.473. The number of rotatable bonds is 31. The van der Waals surface area contributed by atoms with E-state index in [-0.39, 0.29) is 89.5 Å². The molecule has 0 spiro atoms. The maximum atomic E-state index is 14.8. The van der Waals surface area contributed by atoms with Gasteiger partial charge in [0, 0.05) is 53.7 Å².